The molecule has 0 aliphatic heterocycles. The molecule has 96 valence electrons. The van der Waals surface area contributed by atoms with Gasteiger partial charge in [-0.25, -0.2) is 4.98 Å². The molecule has 1 heterocycles. The van der Waals surface area contributed by atoms with E-state index in [1.807, 2.05) is 6.92 Å². The molecule has 1 aliphatic rings. The van der Waals surface area contributed by atoms with Crippen molar-refractivity contribution in [2.24, 2.45) is 5.41 Å². The van der Waals surface area contributed by atoms with E-state index in [9.17, 15) is 13.2 Å². The van der Waals surface area contributed by atoms with E-state index in [2.05, 4.69) is 4.98 Å². The van der Waals surface area contributed by atoms with Crippen molar-refractivity contribution in [1.29, 1.82) is 0 Å². The molecule has 0 atom stereocenters. The van der Waals surface area contributed by atoms with Gasteiger partial charge in [0.15, 0.2) is 0 Å². The predicted octanol–water partition coefficient (Wildman–Crippen LogP) is 2.58. The van der Waals surface area contributed by atoms with Crippen molar-refractivity contribution in [1.82, 2.24) is 9.55 Å². The molecule has 0 aromatic carbocycles. The molecule has 0 spiro atoms. The number of halogens is 3. The molecule has 0 saturated heterocycles. The molecule has 6 heteroatoms. The van der Waals surface area contributed by atoms with E-state index < -0.39 is 18.5 Å². The van der Waals surface area contributed by atoms with Crippen LogP contribution in [0.3, 0.4) is 0 Å². The average molecular weight is 248 g/mol. The van der Waals surface area contributed by atoms with Crippen LogP contribution in [0.25, 0.3) is 0 Å². The van der Waals surface area contributed by atoms with Gasteiger partial charge in [0.1, 0.15) is 18.1 Å². The molecule has 1 aromatic rings. The smallest absolute Gasteiger partial charge is 0.388 e. The van der Waals surface area contributed by atoms with E-state index in [1.54, 1.807) is 0 Å². The molecule has 1 aliphatic carbocycles. The van der Waals surface area contributed by atoms with Crippen LogP contribution in [0.1, 0.15) is 37.7 Å². The van der Waals surface area contributed by atoms with Crippen LogP contribution >= 0.6 is 0 Å². The highest BCUT2D eigenvalue weighted by Gasteiger charge is 2.39. The van der Waals surface area contributed by atoms with E-state index in [-0.39, 0.29) is 17.8 Å². The number of aliphatic hydroxyl groups excluding tert-OH is 1. The Morgan fingerprint density at radius 2 is 2.12 bits per heavy atom. The molecular formula is C11H15F3N2O. The number of alkyl halides is 3. The van der Waals surface area contributed by atoms with Gasteiger partial charge in [0.05, 0.1) is 6.20 Å². The third-order valence-corrected chi connectivity index (χ3v) is 3.47. The molecule has 0 bridgehead atoms. The second kappa shape index (κ2) is 4.01. The molecule has 1 fully saturated rings. The minimum Gasteiger partial charge on any atom is -0.388 e. The van der Waals surface area contributed by atoms with Crippen molar-refractivity contribution in [2.45, 2.75) is 45.5 Å². The summed E-state index contributed by atoms with van der Waals surface area (Å²) in [5.74, 6) is 0.0884. The second-order valence-electron chi connectivity index (χ2n) is 4.97. The Balaban J connectivity index is 2.32. The number of hydrogen-bond donors (Lipinski definition) is 1. The van der Waals surface area contributed by atoms with Gasteiger partial charge in [0.2, 0.25) is 0 Å². The fourth-order valence-corrected chi connectivity index (χ4v) is 2.26. The number of imidazole rings is 1. The monoisotopic (exact) mass is 248 g/mol. The lowest BCUT2D eigenvalue weighted by molar-refractivity contribution is -0.144. The predicted molar refractivity (Wildman–Crippen MR) is 55.1 cm³/mol. The van der Waals surface area contributed by atoms with Crippen molar-refractivity contribution in [3.8, 4) is 0 Å². The molecule has 1 aromatic heterocycles. The van der Waals surface area contributed by atoms with Crippen LogP contribution in [-0.2, 0) is 19.3 Å². The third-order valence-electron chi connectivity index (χ3n) is 3.47. The first-order chi connectivity index (χ1) is 7.86. The fourth-order valence-electron chi connectivity index (χ4n) is 2.26. The number of rotatable bonds is 3. The first kappa shape index (κ1) is 12.4. The SMILES string of the molecule is CC1(Cn2c(C(F)(F)F)cnc2CO)CCC1. The van der Waals surface area contributed by atoms with Crippen LogP contribution in [0.15, 0.2) is 6.20 Å². The van der Waals surface area contributed by atoms with Gasteiger partial charge in [-0.15, -0.1) is 0 Å². The topological polar surface area (TPSA) is 38.0 Å². The van der Waals surface area contributed by atoms with Gasteiger partial charge >= 0.3 is 6.18 Å². The van der Waals surface area contributed by atoms with Crippen molar-refractivity contribution in [3.05, 3.63) is 17.7 Å². The lowest BCUT2D eigenvalue weighted by Gasteiger charge is -2.39. The molecule has 3 nitrogen and oxygen atoms in total. The van der Waals surface area contributed by atoms with Crippen LogP contribution < -0.4 is 0 Å². The van der Waals surface area contributed by atoms with E-state index in [0.717, 1.165) is 30.0 Å². The normalized spacial score (nSPS) is 19.1. The minimum absolute atomic E-state index is 0.0884. The molecule has 1 saturated carbocycles. The van der Waals surface area contributed by atoms with E-state index in [1.165, 1.54) is 0 Å². The summed E-state index contributed by atoms with van der Waals surface area (Å²) in [6, 6.07) is 0. The van der Waals surface area contributed by atoms with Gasteiger partial charge in [-0.05, 0) is 18.3 Å². The first-order valence-corrected chi connectivity index (χ1v) is 5.58. The maximum Gasteiger partial charge on any atom is 0.433 e. The molecule has 0 radical (unpaired) electrons. The van der Waals surface area contributed by atoms with Crippen molar-refractivity contribution in [2.75, 3.05) is 0 Å². The highest BCUT2D eigenvalue weighted by Crippen LogP contribution is 2.43. The van der Waals surface area contributed by atoms with E-state index >= 15 is 0 Å². The number of aliphatic hydroxyl groups is 1. The van der Waals surface area contributed by atoms with Gasteiger partial charge in [0, 0.05) is 6.54 Å². The summed E-state index contributed by atoms with van der Waals surface area (Å²) in [6.45, 7) is 1.78. The Labute approximate surface area is 97.3 Å². The molecule has 1 N–H and O–H groups in total. The lowest BCUT2D eigenvalue weighted by atomic mass is 9.70. The van der Waals surface area contributed by atoms with Crippen molar-refractivity contribution >= 4 is 0 Å². The Morgan fingerprint density at radius 1 is 1.47 bits per heavy atom. The Bertz CT molecular complexity index is 407. The zero-order valence-electron chi connectivity index (χ0n) is 9.59. The minimum atomic E-state index is -4.42. The van der Waals surface area contributed by atoms with Gasteiger partial charge in [-0.3, -0.25) is 0 Å². The van der Waals surface area contributed by atoms with Crippen LogP contribution in [0.2, 0.25) is 0 Å². The molecule has 0 amide bonds. The zero-order valence-corrected chi connectivity index (χ0v) is 9.59. The third kappa shape index (κ3) is 2.31. The molecule has 2 rings (SSSR count). The molecule has 0 unspecified atom stereocenters. The number of hydrogen-bond acceptors (Lipinski definition) is 2. The zero-order chi connectivity index (χ0) is 12.7. The first-order valence-electron chi connectivity index (χ1n) is 5.58. The van der Waals surface area contributed by atoms with Crippen molar-refractivity contribution in [3.63, 3.8) is 0 Å². The van der Waals surface area contributed by atoms with Crippen LogP contribution in [-0.4, -0.2) is 14.7 Å². The standard InChI is InChI=1S/C11H15F3N2O/c1-10(3-2-4-10)7-16-8(11(12,13)14)5-15-9(16)6-17/h5,17H,2-4,6-7H2,1H3. The summed E-state index contributed by atoms with van der Waals surface area (Å²) in [6.07, 6.45) is -0.712. The quantitative estimate of drug-likeness (QED) is 0.892. The van der Waals surface area contributed by atoms with Crippen molar-refractivity contribution < 1.29 is 18.3 Å². The summed E-state index contributed by atoms with van der Waals surface area (Å²) >= 11 is 0. The Hall–Kier alpha value is -1.04. The highest BCUT2D eigenvalue weighted by atomic mass is 19.4. The fraction of sp³-hybridized carbons (Fsp3) is 0.727. The van der Waals surface area contributed by atoms with Crippen LogP contribution in [0, 0.1) is 5.41 Å². The summed E-state index contributed by atoms with van der Waals surface area (Å²) < 4.78 is 39.4. The molecule has 17 heavy (non-hydrogen) atoms. The maximum atomic E-state index is 12.8. The van der Waals surface area contributed by atoms with Crippen LogP contribution in [0.5, 0.6) is 0 Å². The summed E-state index contributed by atoms with van der Waals surface area (Å²) in [4.78, 5) is 3.64. The van der Waals surface area contributed by atoms with Gasteiger partial charge in [-0.1, -0.05) is 13.3 Å². The number of nitrogens with zero attached hydrogens (tertiary/aromatic N) is 2. The van der Waals surface area contributed by atoms with Gasteiger partial charge < -0.3 is 9.67 Å². The van der Waals surface area contributed by atoms with Crippen LogP contribution in [0.4, 0.5) is 13.2 Å². The van der Waals surface area contributed by atoms with Gasteiger partial charge in [-0.2, -0.15) is 13.2 Å². The highest BCUT2D eigenvalue weighted by molar-refractivity contribution is 5.10. The largest absolute Gasteiger partial charge is 0.433 e. The lowest BCUT2D eigenvalue weighted by Crippen LogP contribution is -2.33. The Morgan fingerprint density at radius 3 is 2.53 bits per heavy atom. The number of aromatic nitrogens is 2. The second-order valence-corrected chi connectivity index (χ2v) is 4.97. The molecular weight excluding hydrogens is 233 g/mol. The van der Waals surface area contributed by atoms with E-state index in [0.29, 0.717) is 0 Å². The average Bonchev–Trinajstić information content (AvgIpc) is 2.57. The van der Waals surface area contributed by atoms with Gasteiger partial charge in [0.25, 0.3) is 0 Å². The maximum absolute atomic E-state index is 12.8. The Kier molecular flexibility index (Phi) is 2.93. The van der Waals surface area contributed by atoms with E-state index in [4.69, 9.17) is 5.11 Å². The summed E-state index contributed by atoms with van der Waals surface area (Å²) in [5, 5.41) is 9.03. The summed E-state index contributed by atoms with van der Waals surface area (Å²) in [5.41, 5.74) is -0.861. The summed E-state index contributed by atoms with van der Waals surface area (Å²) in [7, 11) is 0.